The molecule has 0 heterocycles. The summed E-state index contributed by atoms with van der Waals surface area (Å²) in [5.41, 5.74) is 0.154. The van der Waals surface area contributed by atoms with E-state index in [0.29, 0.717) is 67.1 Å². The van der Waals surface area contributed by atoms with Crippen molar-refractivity contribution in [3.05, 3.63) is 0 Å². The molecule has 202 valence electrons. The van der Waals surface area contributed by atoms with Gasteiger partial charge in [-0.15, -0.1) is 0 Å². The third-order valence-corrected chi connectivity index (χ3v) is 9.46. The van der Waals surface area contributed by atoms with Gasteiger partial charge in [-0.05, 0) is 72.5 Å². The molecule has 0 aromatic heterocycles. The first kappa shape index (κ1) is 29.8. The summed E-state index contributed by atoms with van der Waals surface area (Å²) in [5.74, 6) is -3.46. The summed E-state index contributed by atoms with van der Waals surface area (Å²) >= 11 is 0. The highest BCUT2D eigenvalue weighted by Crippen LogP contribution is 2.64. The summed E-state index contributed by atoms with van der Waals surface area (Å²) in [4.78, 5) is 0. The second kappa shape index (κ2) is 10.9. The zero-order valence-corrected chi connectivity index (χ0v) is 22.4. The second-order valence-corrected chi connectivity index (χ2v) is 13.0. The molecule has 0 aromatic carbocycles. The predicted molar refractivity (Wildman–Crippen MR) is 128 cm³/mol. The van der Waals surface area contributed by atoms with Gasteiger partial charge in [0.2, 0.25) is 17.8 Å². The normalized spacial score (nSPS) is 33.0. The van der Waals surface area contributed by atoms with Gasteiger partial charge in [0.1, 0.15) is 0 Å². The predicted octanol–water partition coefficient (Wildman–Crippen LogP) is 10.3. The van der Waals surface area contributed by atoms with Crippen LogP contribution in [0, 0.1) is 46.8 Å². The quantitative estimate of drug-likeness (QED) is 0.340. The maximum Gasteiger partial charge on any atom is 0.248 e. The molecule has 6 heteroatoms. The van der Waals surface area contributed by atoms with E-state index in [0.717, 1.165) is 0 Å². The van der Waals surface area contributed by atoms with Gasteiger partial charge in [0.05, 0.1) is 0 Å². The monoisotopic (exact) mass is 498 g/mol. The van der Waals surface area contributed by atoms with Gasteiger partial charge >= 0.3 is 0 Å². The lowest BCUT2D eigenvalue weighted by molar-refractivity contribution is -0.0728. The van der Waals surface area contributed by atoms with Crippen LogP contribution in [-0.2, 0) is 0 Å². The lowest BCUT2D eigenvalue weighted by Gasteiger charge is -2.40. The molecule has 0 bridgehead atoms. The Kier molecular flexibility index (Phi) is 9.56. The molecule has 0 aliphatic heterocycles. The Balaban J connectivity index is 0.000000180. The first-order chi connectivity index (χ1) is 15.4. The fraction of sp³-hybridized carbons (Fsp3) is 1.00. The standard InChI is InChI=1S/C10H18F2.C9H14F2.C9H16F2/c1-8(2)9(3)4-6-10(11,12)7-5-9;1-5(2)8-6-3-9(10,11)4-7(6)8;1-7(2)8-3-5-9(10,11)6-4-8/h8H,4-7H2,1-3H3;5-8H,3-4H2,1-2H3;7-8H,3-6H2,1-2H3. The Bertz CT molecular complexity index is 597. The molecule has 4 fully saturated rings. The summed E-state index contributed by atoms with van der Waals surface area (Å²) in [6, 6.07) is 0. The van der Waals surface area contributed by atoms with Gasteiger partial charge in [-0.1, -0.05) is 48.5 Å². The van der Waals surface area contributed by atoms with Crippen LogP contribution in [0.2, 0.25) is 0 Å². The third-order valence-electron chi connectivity index (χ3n) is 9.46. The smallest absolute Gasteiger partial charge is 0.207 e. The SMILES string of the molecule is CC(C)C1(C)CCC(F)(F)CC1.CC(C)C1C2CC(F)(F)CC21.CC(C)C1CCC(F)(F)CC1. The van der Waals surface area contributed by atoms with Crippen molar-refractivity contribution in [3.63, 3.8) is 0 Å². The van der Waals surface area contributed by atoms with Gasteiger partial charge < -0.3 is 0 Å². The lowest BCUT2D eigenvalue weighted by atomic mass is 9.68. The van der Waals surface area contributed by atoms with Crippen molar-refractivity contribution in [2.75, 3.05) is 0 Å². The Hall–Kier alpha value is -0.420. The van der Waals surface area contributed by atoms with E-state index < -0.39 is 17.8 Å². The van der Waals surface area contributed by atoms with E-state index in [1.807, 2.05) is 0 Å². The Morgan fingerprint density at radius 3 is 1.32 bits per heavy atom. The van der Waals surface area contributed by atoms with Crippen molar-refractivity contribution in [3.8, 4) is 0 Å². The van der Waals surface area contributed by atoms with Crippen molar-refractivity contribution in [2.45, 2.75) is 130 Å². The van der Waals surface area contributed by atoms with Crippen LogP contribution in [-0.4, -0.2) is 17.8 Å². The second-order valence-electron chi connectivity index (χ2n) is 13.0. The molecule has 0 aromatic rings. The molecule has 34 heavy (non-hydrogen) atoms. The summed E-state index contributed by atoms with van der Waals surface area (Å²) in [6.07, 6.45) is 3.50. The Morgan fingerprint density at radius 2 is 0.971 bits per heavy atom. The minimum absolute atomic E-state index is 0.0850. The fourth-order valence-electron chi connectivity index (χ4n) is 6.30. The van der Waals surface area contributed by atoms with E-state index in [1.165, 1.54) is 0 Å². The minimum atomic E-state index is -2.38. The first-order valence-corrected chi connectivity index (χ1v) is 13.5. The van der Waals surface area contributed by atoms with E-state index in [-0.39, 0.29) is 43.9 Å². The highest BCUT2D eigenvalue weighted by molar-refractivity contribution is 5.07. The molecule has 0 spiro atoms. The molecule has 2 atom stereocenters. The van der Waals surface area contributed by atoms with Crippen LogP contribution in [0.3, 0.4) is 0 Å². The number of rotatable bonds is 3. The molecular weight excluding hydrogens is 450 g/mol. The van der Waals surface area contributed by atoms with Crippen LogP contribution < -0.4 is 0 Å². The topological polar surface area (TPSA) is 0 Å². The molecule has 4 saturated carbocycles. The number of hydrogen-bond acceptors (Lipinski definition) is 0. The average Bonchev–Trinajstić information content (AvgIpc) is 3.24. The summed E-state index contributed by atoms with van der Waals surface area (Å²) < 4.78 is 76.2. The van der Waals surface area contributed by atoms with E-state index in [9.17, 15) is 26.3 Å². The number of halogens is 6. The molecule has 2 unspecified atom stereocenters. The van der Waals surface area contributed by atoms with Crippen LogP contribution in [0.15, 0.2) is 0 Å². The fourth-order valence-corrected chi connectivity index (χ4v) is 6.30. The third kappa shape index (κ3) is 8.32. The molecule has 4 rings (SSSR count). The van der Waals surface area contributed by atoms with Crippen molar-refractivity contribution >= 4 is 0 Å². The molecule has 4 aliphatic carbocycles. The maximum absolute atomic E-state index is 12.8. The first-order valence-electron chi connectivity index (χ1n) is 13.5. The van der Waals surface area contributed by atoms with Gasteiger partial charge in [0, 0.05) is 38.5 Å². The van der Waals surface area contributed by atoms with E-state index >= 15 is 0 Å². The molecule has 0 nitrogen and oxygen atoms in total. The largest absolute Gasteiger partial charge is 0.248 e. The Labute approximate surface area is 204 Å². The molecule has 4 aliphatic rings. The lowest BCUT2D eigenvalue weighted by Crippen LogP contribution is -2.34. The zero-order valence-electron chi connectivity index (χ0n) is 22.4. The summed E-state index contributed by atoms with van der Waals surface area (Å²) in [7, 11) is 0. The van der Waals surface area contributed by atoms with Crippen LogP contribution in [0.5, 0.6) is 0 Å². The van der Waals surface area contributed by atoms with Gasteiger partial charge in [0.25, 0.3) is 0 Å². The van der Waals surface area contributed by atoms with Gasteiger partial charge in [-0.3, -0.25) is 0 Å². The van der Waals surface area contributed by atoms with E-state index in [1.54, 1.807) is 0 Å². The van der Waals surface area contributed by atoms with Crippen molar-refractivity contribution in [1.29, 1.82) is 0 Å². The van der Waals surface area contributed by atoms with Gasteiger partial charge in [0.15, 0.2) is 0 Å². The Morgan fingerprint density at radius 1 is 0.559 bits per heavy atom. The summed E-state index contributed by atoms with van der Waals surface area (Å²) in [6.45, 7) is 14.9. The van der Waals surface area contributed by atoms with Crippen molar-refractivity contribution in [1.82, 2.24) is 0 Å². The molecular formula is C28H48F6. The zero-order chi connectivity index (χ0) is 26.1. The van der Waals surface area contributed by atoms with Crippen LogP contribution in [0.4, 0.5) is 26.3 Å². The van der Waals surface area contributed by atoms with Crippen LogP contribution in [0.25, 0.3) is 0 Å². The summed E-state index contributed by atoms with van der Waals surface area (Å²) in [5, 5.41) is 0. The van der Waals surface area contributed by atoms with E-state index in [4.69, 9.17) is 0 Å². The minimum Gasteiger partial charge on any atom is -0.207 e. The number of hydrogen-bond donors (Lipinski definition) is 0. The number of fused-ring (bicyclic) bond motifs is 1. The van der Waals surface area contributed by atoms with Crippen LogP contribution in [0.1, 0.15) is 113 Å². The molecule has 0 N–H and O–H groups in total. The van der Waals surface area contributed by atoms with Crippen LogP contribution >= 0.6 is 0 Å². The molecule has 0 amide bonds. The van der Waals surface area contributed by atoms with Gasteiger partial charge in [-0.25, -0.2) is 26.3 Å². The molecule has 0 radical (unpaired) electrons. The highest BCUT2D eigenvalue weighted by atomic mass is 19.3. The van der Waals surface area contributed by atoms with E-state index in [2.05, 4.69) is 48.5 Å². The number of alkyl halides is 6. The van der Waals surface area contributed by atoms with Gasteiger partial charge in [-0.2, -0.15) is 0 Å². The highest BCUT2D eigenvalue weighted by Gasteiger charge is 2.63. The molecule has 0 saturated heterocycles. The van der Waals surface area contributed by atoms with Crippen molar-refractivity contribution < 1.29 is 26.3 Å². The average molecular weight is 499 g/mol. The maximum atomic E-state index is 12.8. The van der Waals surface area contributed by atoms with Crippen molar-refractivity contribution in [2.24, 2.45) is 46.8 Å².